The molecule has 1 aliphatic carbocycles. The molecule has 1 aliphatic rings. The standard InChI is InChI=1S/C16H14FNO3S/c17-13-2-1-3-14(10-13)18-22(20,21)15-8-6-12(7-9-15)16(19)11-4-5-11/h1-3,6-11,18H,4-5H2. The number of rotatable bonds is 5. The predicted molar refractivity (Wildman–Crippen MR) is 80.7 cm³/mol. The average molecular weight is 319 g/mol. The van der Waals surface area contributed by atoms with Crippen molar-refractivity contribution in [3.63, 3.8) is 0 Å². The molecule has 0 aromatic heterocycles. The van der Waals surface area contributed by atoms with Crippen molar-refractivity contribution in [3.8, 4) is 0 Å². The normalized spacial score (nSPS) is 14.6. The summed E-state index contributed by atoms with van der Waals surface area (Å²) in [5.41, 5.74) is 0.672. The maximum Gasteiger partial charge on any atom is 0.261 e. The topological polar surface area (TPSA) is 63.2 Å². The Morgan fingerprint density at radius 2 is 1.77 bits per heavy atom. The number of carbonyl (C=O) groups is 1. The van der Waals surface area contributed by atoms with Crippen molar-refractivity contribution in [2.24, 2.45) is 5.92 Å². The SMILES string of the molecule is O=C(c1ccc(S(=O)(=O)Nc2cccc(F)c2)cc1)C1CC1. The molecule has 3 rings (SSSR count). The smallest absolute Gasteiger partial charge is 0.261 e. The van der Waals surface area contributed by atoms with Crippen molar-refractivity contribution in [3.05, 3.63) is 59.9 Å². The fraction of sp³-hybridized carbons (Fsp3) is 0.188. The Kier molecular flexibility index (Phi) is 3.70. The van der Waals surface area contributed by atoms with Gasteiger partial charge in [0.1, 0.15) is 5.82 Å². The van der Waals surface area contributed by atoms with E-state index < -0.39 is 15.8 Å². The Morgan fingerprint density at radius 3 is 2.36 bits per heavy atom. The summed E-state index contributed by atoms with van der Waals surface area (Å²) in [4.78, 5) is 11.9. The second kappa shape index (κ2) is 5.53. The minimum absolute atomic E-state index is 0.0316. The van der Waals surface area contributed by atoms with Gasteiger partial charge in [-0.2, -0.15) is 0 Å². The molecular weight excluding hydrogens is 305 g/mol. The Balaban J connectivity index is 1.81. The molecule has 0 aliphatic heterocycles. The highest BCUT2D eigenvalue weighted by Crippen LogP contribution is 2.32. The minimum atomic E-state index is -3.81. The van der Waals surface area contributed by atoms with E-state index in [-0.39, 0.29) is 22.3 Å². The number of hydrogen-bond donors (Lipinski definition) is 1. The van der Waals surface area contributed by atoms with Gasteiger partial charge in [-0.15, -0.1) is 0 Å². The Labute approximate surface area is 128 Å². The summed E-state index contributed by atoms with van der Waals surface area (Å²) in [6.45, 7) is 0. The van der Waals surface area contributed by atoms with Gasteiger partial charge in [-0.05, 0) is 43.2 Å². The first-order valence-corrected chi connectivity index (χ1v) is 8.37. The lowest BCUT2D eigenvalue weighted by molar-refractivity contribution is 0.0967. The molecule has 114 valence electrons. The monoisotopic (exact) mass is 319 g/mol. The molecule has 2 aromatic carbocycles. The number of Topliss-reactive ketones (excluding diaryl/α,β-unsaturated/α-hetero) is 1. The van der Waals surface area contributed by atoms with E-state index in [1.165, 1.54) is 42.5 Å². The van der Waals surface area contributed by atoms with Crippen molar-refractivity contribution < 1.29 is 17.6 Å². The Bertz CT molecular complexity index is 812. The van der Waals surface area contributed by atoms with Gasteiger partial charge in [0, 0.05) is 11.5 Å². The summed E-state index contributed by atoms with van der Waals surface area (Å²) >= 11 is 0. The second-order valence-electron chi connectivity index (χ2n) is 5.28. The van der Waals surface area contributed by atoms with E-state index in [0.717, 1.165) is 18.9 Å². The van der Waals surface area contributed by atoms with Crippen molar-refractivity contribution >= 4 is 21.5 Å². The zero-order valence-electron chi connectivity index (χ0n) is 11.6. The van der Waals surface area contributed by atoms with Crippen LogP contribution in [0.1, 0.15) is 23.2 Å². The summed E-state index contributed by atoms with van der Waals surface area (Å²) in [5.74, 6) is -0.375. The maximum absolute atomic E-state index is 13.1. The number of nitrogens with one attached hydrogen (secondary N) is 1. The third-order valence-electron chi connectivity index (χ3n) is 3.47. The highest BCUT2D eigenvalue weighted by atomic mass is 32.2. The van der Waals surface area contributed by atoms with E-state index >= 15 is 0 Å². The van der Waals surface area contributed by atoms with Gasteiger partial charge in [-0.25, -0.2) is 12.8 Å². The van der Waals surface area contributed by atoms with E-state index in [1.54, 1.807) is 0 Å². The number of benzene rings is 2. The van der Waals surface area contributed by atoms with Gasteiger partial charge < -0.3 is 0 Å². The Hall–Kier alpha value is -2.21. The molecule has 0 radical (unpaired) electrons. The van der Waals surface area contributed by atoms with Crippen LogP contribution < -0.4 is 4.72 Å². The fourth-order valence-electron chi connectivity index (χ4n) is 2.15. The molecule has 0 saturated heterocycles. The van der Waals surface area contributed by atoms with Gasteiger partial charge >= 0.3 is 0 Å². The number of halogens is 1. The third-order valence-corrected chi connectivity index (χ3v) is 4.87. The molecule has 0 unspecified atom stereocenters. The molecule has 0 bridgehead atoms. The zero-order chi connectivity index (χ0) is 15.7. The first kappa shape index (κ1) is 14.7. The van der Waals surface area contributed by atoms with Gasteiger partial charge in [0.05, 0.1) is 10.6 Å². The number of ketones is 1. The summed E-state index contributed by atoms with van der Waals surface area (Å²) < 4.78 is 39.8. The van der Waals surface area contributed by atoms with Crippen LogP contribution in [0.3, 0.4) is 0 Å². The van der Waals surface area contributed by atoms with Gasteiger partial charge in [0.25, 0.3) is 10.0 Å². The highest BCUT2D eigenvalue weighted by Gasteiger charge is 2.30. The van der Waals surface area contributed by atoms with Crippen molar-refractivity contribution in [1.82, 2.24) is 0 Å². The van der Waals surface area contributed by atoms with Crippen molar-refractivity contribution in [2.45, 2.75) is 17.7 Å². The summed E-state index contributed by atoms with van der Waals surface area (Å²) in [5, 5.41) is 0. The first-order chi connectivity index (χ1) is 10.5. The Morgan fingerprint density at radius 1 is 1.09 bits per heavy atom. The van der Waals surface area contributed by atoms with Crippen LogP contribution in [-0.2, 0) is 10.0 Å². The lowest BCUT2D eigenvalue weighted by atomic mass is 10.1. The summed E-state index contributed by atoms with van der Waals surface area (Å²) in [6, 6.07) is 11.0. The van der Waals surface area contributed by atoms with E-state index in [2.05, 4.69) is 4.72 Å². The van der Waals surface area contributed by atoms with E-state index in [4.69, 9.17) is 0 Å². The van der Waals surface area contributed by atoms with Crippen molar-refractivity contribution in [1.29, 1.82) is 0 Å². The van der Waals surface area contributed by atoms with Gasteiger partial charge in [-0.3, -0.25) is 9.52 Å². The molecule has 22 heavy (non-hydrogen) atoms. The molecule has 1 fully saturated rings. The largest absolute Gasteiger partial charge is 0.294 e. The molecule has 2 aromatic rings. The van der Waals surface area contributed by atoms with Gasteiger partial charge in [0.15, 0.2) is 5.78 Å². The van der Waals surface area contributed by atoms with Crippen LogP contribution in [-0.4, -0.2) is 14.2 Å². The molecular formula is C16H14FNO3S. The molecule has 0 amide bonds. The van der Waals surface area contributed by atoms with Crippen LogP contribution in [0.25, 0.3) is 0 Å². The van der Waals surface area contributed by atoms with Crippen LogP contribution in [0, 0.1) is 11.7 Å². The number of carbonyl (C=O) groups excluding carboxylic acids is 1. The molecule has 1 N–H and O–H groups in total. The highest BCUT2D eigenvalue weighted by molar-refractivity contribution is 7.92. The van der Waals surface area contributed by atoms with Crippen LogP contribution in [0.4, 0.5) is 10.1 Å². The van der Waals surface area contributed by atoms with Gasteiger partial charge in [-0.1, -0.05) is 18.2 Å². The zero-order valence-corrected chi connectivity index (χ0v) is 12.4. The van der Waals surface area contributed by atoms with Crippen LogP contribution >= 0.6 is 0 Å². The van der Waals surface area contributed by atoms with Crippen LogP contribution in [0.5, 0.6) is 0 Å². The average Bonchev–Trinajstić information content (AvgIpc) is 3.31. The minimum Gasteiger partial charge on any atom is -0.294 e. The molecule has 0 heterocycles. The van der Waals surface area contributed by atoms with Gasteiger partial charge in [0.2, 0.25) is 0 Å². The van der Waals surface area contributed by atoms with Crippen LogP contribution in [0.2, 0.25) is 0 Å². The van der Waals surface area contributed by atoms with Crippen LogP contribution in [0.15, 0.2) is 53.4 Å². The fourth-order valence-corrected chi connectivity index (χ4v) is 3.20. The van der Waals surface area contributed by atoms with Crippen molar-refractivity contribution in [2.75, 3.05) is 4.72 Å². The quantitative estimate of drug-likeness (QED) is 0.861. The number of hydrogen-bond acceptors (Lipinski definition) is 3. The lowest BCUT2D eigenvalue weighted by Gasteiger charge is -2.08. The predicted octanol–water partition coefficient (Wildman–Crippen LogP) is 3.22. The molecule has 4 nitrogen and oxygen atoms in total. The molecule has 0 atom stereocenters. The molecule has 6 heteroatoms. The molecule has 1 saturated carbocycles. The summed E-state index contributed by atoms with van der Waals surface area (Å²) in [7, 11) is -3.81. The number of anilines is 1. The lowest BCUT2D eigenvalue weighted by Crippen LogP contribution is -2.13. The second-order valence-corrected chi connectivity index (χ2v) is 6.96. The molecule has 0 spiro atoms. The maximum atomic E-state index is 13.1. The summed E-state index contributed by atoms with van der Waals surface area (Å²) in [6.07, 6.45) is 1.81. The van der Waals surface area contributed by atoms with E-state index in [1.807, 2.05) is 0 Å². The van der Waals surface area contributed by atoms with E-state index in [9.17, 15) is 17.6 Å². The third kappa shape index (κ3) is 3.17. The first-order valence-electron chi connectivity index (χ1n) is 6.88. The van der Waals surface area contributed by atoms with E-state index in [0.29, 0.717) is 5.56 Å². The number of sulfonamides is 1.